The largest absolute Gasteiger partial charge is 0.283 e. The molecule has 0 unspecified atom stereocenters. The Balaban J connectivity index is 2.92. The molecule has 1 aromatic heterocycles. The summed E-state index contributed by atoms with van der Waals surface area (Å²) in [4.78, 5) is 15.8. The molecule has 5 heteroatoms. The number of benzene rings is 1. The van der Waals surface area contributed by atoms with Gasteiger partial charge >= 0.3 is 0 Å². The van der Waals surface area contributed by atoms with Crippen LogP contribution in [0.2, 0.25) is 5.28 Å². The molecule has 0 spiro atoms. The Morgan fingerprint density at radius 2 is 2.27 bits per heavy atom. The number of hydrogen-bond donors (Lipinski definition) is 0. The minimum absolute atomic E-state index is 0.126. The van der Waals surface area contributed by atoms with Crippen molar-refractivity contribution in [3.63, 3.8) is 0 Å². The van der Waals surface area contributed by atoms with Gasteiger partial charge in [-0.15, -0.1) is 0 Å². The van der Waals surface area contributed by atoms with E-state index in [1.807, 2.05) is 0 Å². The quantitative estimate of drug-likeness (QED) is 0.699. The number of aromatic nitrogens is 2. The third-order valence-electron chi connectivity index (χ3n) is 2.19. The summed E-state index contributed by atoms with van der Waals surface area (Å²) >= 11 is 5.81. The summed E-state index contributed by atoms with van der Waals surface area (Å²) in [5.41, 5.74) is 0.100. The van der Waals surface area contributed by atoms with Gasteiger partial charge in [-0.2, -0.15) is 0 Å². The molecule has 3 nitrogen and oxygen atoms in total. The first-order valence-corrected chi connectivity index (χ1v) is 4.87. The molecule has 0 radical (unpaired) electrons. The monoisotopic (exact) mass is 226 g/mol. The fraction of sp³-hybridized carbons (Fsp3) is 0.200. The average Bonchev–Trinajstić information content (AvgIpc) is 2.20. The van der Waals surface area contributed by atoms with Gasteiger partial charge in [-0.3, -0.25) is 9.36 Å². The maximum absolute atomic E-state index is 12.9. The lowest BCUT2D eigenvalue weighted by Crippen LogP contribution is -2.21. The summed E-state index contributed by atoms with van der Waals surface area (Å²) < 4.78 is 14.2. The van der Waals surface area contributed by atoms with E-state index in [2.05, 4.69) is 4.98 Å². The van der Waals surface area contributed by atoms with Crippen molar-refractivity contribution in [1.29, 1.82) is 0 Å². The molecule has 0 N–H and O–H groups in total. The predicted octanol–water partition coefficient (Wildman–Crippen LogP) is 2.21. The highest BCUT2D eigenvalue weighted by molar-refractivity contribution is 6.28. The van der Waals surface area contributed by atoms with Crippen LogP contribution in [0.25, 0.3) is 10.9 Å². The number of hydrogen-bond acceptors (Lipinski definition) is 2. The van der Waals surface area contributed by atoms with Crippen LogP contribution in [0.1, 0.15) is 6.92 Å². The molecule has 0 bridgehead atoms. The standard InChI is InChI=1S/C10H8ClFN2O/c1-2-14-9(15)7-5-6(12)3-4-8(7)13-10(14)11/h3-5H,2H2,1H3. The summed E-state index contributed by atoms with van der Waals surface area (Å²) in [6, 6.07) is 3.87. The molecule has 0 saturated heterocycles. The Morgan fingerprint density at radius 1 is 1.53 bits per heavy atom. The van der Waals surface area contributed by atoms with Gasteiger partial charge in [-0.25, -0.2) is 9.37 Å². The van der Waals surface area contributed by atoms with Gasteiger partial charge < -0.3 is 0 Å². The van der Waals surface area contributed by atoms with E-state index in [1.54, 1.807) is 6.92 Å². The number of halogens is 2. The molecule has 1 heterocycles. The summed E-state index contributed by atoms with van der Waals surface area (Å²) in [6.07, 6.45) is 0. The topological polar surface area (TPSA) is 34.9 Å². The molecule has 0 fully saturated rings. The highest BCUT2D eigenvalue weighted by Crippen LogP contribution is 2.12. The molecule has 0 aliphatic carbocycles. The van der Waals surface area contributed by atoms with Crippen LogP contribution in [0.15, 0.2) is 23.0 Å². The first-order valence-electron chi connectivity index (χ1n) is 4.49. The van der Waals surface area contributed by atoms with Crippen LogP contribution in [-0.2, 0) is 6.54 Å². The zero-order chi connectivity index (χ0) is 11.0. The lowest BCUT2D eigenvalue weighted by atomic mass is 10.2. The summed E-state index contributed by atoms with van der Waals surface area (Å²) in [6.45, 7) is 2.19. The van der Waals surface area contributed by atoms with Crippen molar-refractivity contribution in [2.75, 3.05) is 0 Å². The maximum atomic E-state index is 12.9. The Bertz CT molecular complexity index is 579. The van der Waals surface area contributed by atoms with Crippen LogP contribution >= 0.6 is 11.6 Å². The Hall–Kier alpha value is -1.42. The van der Waals surface area contributed by atoms with E-state index in [9.17, 15) is 9.18 Å². The van der Waals surface area contributed by atoms with Gasteiger partial charge in [0.05, 0.1) is 10.9 Å². The second-order valence-corrected chi connectivity index (χ2v) is 3.43. The van der Waals surface area contributed by atoms with Gasteiger partial charge in [0, 0.05) is 6.54 Å². The first-order chi connectivity index (χ1) is 7.13. The van der Waals surface area contributed by atoms with E-state index in [-0.39, 0.29) is 16.2 Å². The van der Waals surface area contributed by atoms with Crippen molar-refractivity contribution in [3.8, 4) is 0 Å². The van der Waals surface area contributed by atoms with Gasteiger partial charge in [-0.1, -0.05) is 0 Å². The molecular formula is C10H8ClFN2O. The maximum Gasteiger partial charge on any atom is 0.262 e. The van der Waals surface area contributed by atoms with Crippen molar-refractivity contribution in [2.45, 2.75) is 13.5 Å². The van der Waals surface area contributed by atoms with Crippen LogP contribution in [0, 0.1) is 5.82 Å². The van der Waals surface area contributed by atoms with Gasteiger partial charge in [-0.05, 0) is 36.7 Å². The second-order valence-electron chi connectivity index (χ2n) is 3.09. The SMILES string of the molecule is CCn1c(Cl)nc2ccc(F)cc2c1=O. The number of rotatable bonds is 1. The highest BCUT2D eigenvalue weighted by atomic mass is 35.5. The van der Waals surface area contributed by atoms with E-state index in [1.165, 1.54) is 22.8 Å². The van der Waals surface area contributed by atoms with Crippen molar-refractivity contribution >= 4 is 22.5 Å². The molecule has 0 aliphatic rings. The van der Waals surface area contributed by atoms with Gasteiger partial charge in [0.2, 0.25) is 5.28 Å². The third-order valence-corrected chi connectivity index (χ3v) is 2.47. The minimum atomic E-state index is -0.452. The van der Waals surface area contributed by atoms with Gasteiger partial charge in [0.25, 0.3) is 5.56 Å². The molecule has 2 rings (SSSR count). The van der Waals surface area contributed by atoms with Gasteiger partial charge in [0.1, 0.15) is 5.82 Å². The predicted molar refractivity (Wildman–Crippen MR) is 56.6 cm³/mol. The van der Waals surface area contributed by atoms with Crippen LogP contribution in [-0.4, -0.2) is 9.55 Å². The molecule has 78 valence electrons. The van der Waals surface area contributed by atoms with E-state index < -0.39 is 5.82 Å². The van der Waals surface area contributed by atoms with Crippen molar-refractivity contribution < 1.29 is 4.39 Å². The van der Waals surface area contributed by atoms with Crippen molar-refractivity contribution in [1.82, 2.24) is 9.55 Å². The average molecular weight is 227 g/mol. The molecule has 0 amide bonds. The number of nitrogens with zero attached hydrogens (tertiary/aromatic N) is 2. The summed E-state index contributed by atoms with van der Waals surface area (Å²) in [7, 11) is 0. The minimum Gasteiger partial charge on any atom is -0.283 e. The first kappa shape index (κ1) is 10.1. The van der Waals surface area contributed by atoms with Crippen LogP contribution in [0.5, 0.6) is 0 Å². The second kappa shape index (κ2) is 3.62. The molecule has 0 aliphatic heterocycles. The molecule has 0 atom stereocenters. The lowest BCUT2D eigenvalue weighted by molar-refractivity contribution is 0.628. The van der Waals surface area contributed by atoms with E-state index in [0.29, 0.717) is 12.1 Å². The molecular weight excluding hydrogens is 219 g/mol. The molecule has 1 aromatic carbocycles. The fourth-order valence-corrected chi connectivity index (χ4v) is 1.73. The Labute approximate surface area is 90.1 Å². The Morgan fingerprint density at radius 3 is 2.93 bits per heavy atom. The van der Waals surface area contributed by atoms with Crippen molar-refractivity contribution in [3.05, 3.63) is 39.7 Å². The van der Waals surface area contributed by atoms with E-state index in [0.717, 1.165) is 0 Å². The fourth-order valence-electron chi connectivity index (χ4n) is 1.44. The highest BCUT2D eigenvalue weighted by Gasteiger charge is 2.08. The van der Waals surface area contributed by atoms with Crippen LogP contribution in [0.4, 0.5) is 4.39 Å². The van der Waals surface area contributed by atoms with Gasteiger partial charge in [0.15, 0.2) is 0 Å². The molecule has 15 heavy (non-hydrogen) atoms. The smallest absolute Gasteiger partial charge is 0.262 e. The zero-order valence-corrected chi connectivity index (χ0v) is 8.75. The zero-order valence-electron chi connectivity index (χ0n) is 8.00. The normalized spacial score (nSPS) is 10.9. The summed E-state index contributed by atoms with van der Waals surface area (Å²) in [5, 5.41) is 0.378. The Kier molecular flexibility index (Phi) is 2.44. The molecule has 2 aromatic rings. The summed E-state index contributed by atoms with van der Waals surface area (Å²) in [5.74, 6) is -0.452. The van der Waals surface area contributed by atoms with E-state index >= 15 is 0 Å². The van der Waals surface area contributed by atoms with E-state index in [4.69, 9.17) is 11.6 Å². The molecule has 0 saturated carbocycles. The van der Waals surface area contributed by atoms with Crippen molar-refractivity contribution in [2.24, 2.45) is 0 Å². The number of fused-ring (bicyclic) bond motifs is 1. The third kappa shape index (κ3) is 1.61. The lowest BCUT2D eigenvalue weighted by Gasteiger charge is -2.05. The van der Waals surface area contributed by atoms with Crippen LogP contribution in [0.3, 0.4) is 0 Å². The van der Waals surface area contributed by atoms with Crippen LogP contribution < -0.4 is 5.56 Å².